The molecule has 0 unspecified atom stereocenters. The Hall–Kier alpha value is -4.34. The monoisotopic (exact) mass is 1000 g/mol. The zero-order valence-corrected chi connectivity index (χ0v) is 44.7. The van der Waals surface area contributed by atoms with Gasteiger partial charge in [-0.1, -0.05) is 94.2 Å². The molecule has 2 N–H and O–H groups in total. The van der Waals surface area contributed by atoms with E-state index < -0.39 is 17.0 Å². The van der Waals surface area contributed by atoms with E-state index in [0.717, 1.165) is 11.3 Å². The highest BCUT2D eigenvalue weighted by Gasteiger charge is 2.47. The van der Waals surface area contributed by atoms with Crippen LogP contribution in [0, 0.1) is 10.8 Å². The van der Waals surface area contributed by atoms with Gasteiger partial charge in [-0.15, -0.1) is 5.10 Å². The molecular formula is C51H77Cl2N7O7S. The average molecular weight is 1000 g/mol. The zero-order valence-electron chi connectivity index (χ0n) is 42.4. The van der Waals surface area contributed by atoms with Gasteiger partial charge in [0.15, 0.2) is 0 Å². The topological polar surface area (TPSA) is 167 Å². The number of nitrogens with one attached hydrogen (secondary N) is 1. The summed E-state index contributed by atoms with van der Waals surface area (Å²) in [5.41, 5.74) is 0.968. The van der Waals surface area contributed by atoms with Gasteiger partial charge in [-0.05, 0) is 88.0 Å². The maximum absolute atomic E-state index is 13.7. The van der Waals surface area contributed by atoms with Gasteiger partial charge in [0, 0.05) is 93.4 Å². The molecule has 17 heteroatoms. The van der Waals surface area contributed by atoms with Crippen molar-refractivity contribution in [1.29, 1.82) is 0 Å². The number of ether oxygens (including phenoxy) is 1. The van der Waals surface area contributed by atoms with Crippen LogP contribution >= 0.6 is 35.0 Å². The second-order valence-corrected chi connectivity index (χ2v) is 21.8. The van der Waals surface area contributed by atoms with Crippen LogP contribution in [0.3, 0.4) is 0 Å². The molecule has 3 amide bonds. The Bertz CT molecular complexity index is 2120. The number of anilines is 2. The summed E-state index contributed by atoms with van der Waals surface area (Å²) in [6, 6.07) is 12.7. The first-order chi connectivity index (χ1) is 31.9. The number of carboxylic acids is 1. The Balaban J connectivity index is 1.47. The molecule has 0 spiro atoms. The molecule has 0 atom stereocenters. The van der Waals surface area contributed by atoms with Gasteiger partial charge in [0.25, 0.3) is 0 Å². The first kappa shape index (κ1) is 58.0. The van der Waals surface area contributed by atoms with Gasteiger partial charge in [-0.3, -0.25) is 28.7 Å². The van der Waals surface area contributed by atoms with Crippen LogP contribution in [0.2, 0.25) is 10.0 Å². The molecule has 0 aliphatic rings. The summed E-state index contributed by atoms with van der Waals surface area (Å²) in [5, 5.41) is 21.7. The lowest BCUT2D eigenvalue weighted by Crippen LogP contribution is -2.60. The largest absolute Gasteiger partial charge is 0.481 e. The van der Waals surface area contributed by atoms with Gasteiger partial charge in [-0.25, -0.2) is 0 Å². The normalized spacial score (nSPS) is 12.1. The van der Waals surface area contributed by atoms with Crippen molar-refractivity contribution in [2.24, 2.45) is 10.8 Å². The molecule has 0 bridgehead atoms. The first-order valence-corrected chi connectivity index (χ1v) is 25.8. The number of rotatable bonds is 30. The Labute approximate surface area is 419 Å². The quantitative estimate of drug-likeness (QED) is 0.0482. The Morgan fingerprint density at radius 1 is 0.765 bits per heavy atom. The number of hydrogen-bond acceptors (Lipinski definition) is 10. The van der Waals surface area contributed by atoms with Crippen LogP contribution in [0.4, 0.5) is 11.4 Å². The summed E-state index contributed by atoms with van der Waals surface area (Å²) in [6.07, 6.45) is 6.20. The number of carbonyl (C=O) groups excluding carboxylic acids is 4. The summed E-state index contributed by atoms with van der Waals surface area (Å²) < 4.78 is 7.26. The summed E-state index contributed by atoms with van der Waals surface area (Å²) in [7, 11) is 1.83. The van der Waals surface area contributed by atoms with Crippen molar-refractivity contribution in [1.82, 2.24) is 29.7 Å². The number of hydrogen-bond donors (Lipinski definition) is 2. The number of aliphatic carboxylic acids is 1. The van der Waals surface area contributed by atoms with Gasteiger partial charge in [0.2, 0.25) is 17.7 Å². The first-order valence-electron chi connectivity index (χ1n) is 23.9. The van der Waals surface area contributed by atoms with Crippen LogP contribution in [0.1, 0.15) is 132 Å². The third-order valence-electron chi connectivity index (χ3n) is 14.0. The molecule has 0 radical (unpaired) electrons. The zero-order chi connectivity index (χ0) is 50.9. The number of aromatic nitrogens is 3. The van der Waals surface area contributed by atoms with Crippen molar-refractivity contribution in [2.45, 2.75) is 151 Å². The molecule has 14 nitrogen and oxygen atoms in total. The fourth-order valence-electron chi connectivity index (χ4n) is 7.88. The van der Waals surface area contributed by atoms with Crippen LogP contribution in [0.25, 0.3) is 0 Å². The van der Waals surface area contributed by atoms with Crippen molar-refractivity contribution in [3.05, 3.63) is 70.0 Å². The van der Waals surface area contributed by atoms with E-state index in [2.05, 4.69) is 71.0 Å². The molecule has 0 aliphatic carbocycles. The Morgan fingerprint density at radius 3 is 1.96 bits per heavy atom. The van der Waals surface area contributed by atoms with E-state index >= 15 is 0 Å². The number of halogens is 2. The lowest BCUT2D eigenvalue weighted by atomic mass is 9.68. The lowest BCUT2D eigenvalue weighted by Gasteiger charge is -2.53. The number of carbonyl (C=O) groups is 5. The molecule has 3 rings (SSSR count). The van der Waals surface area contributed by atoms with E-state index in [1.807, 2.05) is 61.2 Å². The molecule has 1 heterocycles. The van der Waals surface area contributed by atoms with Gasteiger partial charge in [0.05, 0.1) is 40.9 Å². The fourth-order valence-corrected chi connectivity index (χ4v) is 9.20. The van der Waals surface area contributed by atoms with E-state index in [-0.39, 0.29) is 54.0 Å². The highest BCUT2D eigenvalue weighted by Crippen LogP contribution is 2.43. The number of benzene rings is 2. The maximum atomic E-state index is 13.7. The minimum absolute atomic E-state index is 0.0378. The molecule has 0 aliphatic heterocycles. The predicted molar refractivity (Wildman–Crippen MR) is 275 cm³/mol. The van der Waals surface area contributed by atoms with Crippen LogP contribution in [0.15, 0.2) is 48.7 Å². The second-order valence-electron chi connectivity index (χ2n) is 19.7. The highest BCUT2D eigenvalue weighted by atomic mass is 35.5. The SMILES string of the molecule is CCC(=O)N(CCC(C)(C)C(C)(C)N(CCSCCC(=O)O)C(=O)CC)C(C)(C)C(C)(C)CCN(C)C(=O)CCCc1cn(CCCOC(=O)Cc2ccccc2Nc2c(Cl)cccc2Cl)nn1. The van der Waals surface area contributed by atoms with Gasteiger partial charge in [0.1, 0.15) is 0 Å². The van der Waals surface area contributed by atoms with E-state index in [1.54, 1.807) is 27.8 Å². The third-order valence-corrected chi connectivity index (χ3v) is 15.6. The molecule has 378 valence electrons. The molecule has 1 aromatic heterocycles. The molecule has 3 aromatic rings. The van der Waals surface area contributed by atoms with Crippen LogP contribution in [-0.2, 0) is 48.1 Å². The van der Waals surface area contributed by atoms with Gasteiger partial charge < -0.3 is 29.9 Å². The van der Waals surface area contributed by atoms with Crippen LogP contribution in [-0.4, -0.2) is 120 Å². The summed E-state index contributed by atoms with van der Waals surface area (Å²) >= 11 is 14.2. The molecule has 0 saturated carbocycles. The van der Waals surface area contributed by atoms with Crippen LogP contribution in [0.5, 0.6) is 0 Å². The van der Waals surface area contributed by atoms with Gasteiger partial charge >= 0.3 is 11.9 Å². The molecular weight excluding hydrogens is 926 g/mol. The number of thioether (sulfide) groups is 1. The van der Waals surface area contributed by atoms with Crippen molar-refractivity contribution < 1.29 is 33.8 Å². The molecule has 0 saturated heterocycles. The van der Waals surface area contributed by atoms with Crippen molar-refractivity contribution in [3.8, 4) is 0 Å². The predicted octanol–water partition coefficient (Wildman–Crippen LogP) is 10.4. The number of esters is 1. The number of nitrogens with zero attached hydrogens (tertiary/aromatic N) is 6. The molecule has 68 heavy (non-hydrogen) atoms. The smallest absolute Gasteiger partial charge is 0.310 e. The standard InChI is InChI=1S/C51H77Cl2N7O7S/c1-12-42(61)59(30-27-49(5,6)51(9,10)60(43(62)13-2)31-34-68-33-25-45(64)65)50(7,8)48(3,4)26-29-57(11)44(63)24-16-20-38-36-58(56-55-38)28-18-32-67-46(66)35-37-19-14-15-23-41(37)54-47-39(52)21-17-22-40(47)53/h14-15,17,19,21-23,36,54H,12-13,16,18,20,24-35H2,1-11H3,(H,64,65). The lowest BCUT2D eigenvalue weighted by molar-refractivity contribution is -0.146. The minimum atomic E-state index is -0.829. The number of para-hydroxylation sites is 2. The average Bonchev–Trinajstić information content (AvgIpc) is 3.73. The molecule has 2 aromatic carbocycles. The highest BCUT2D eigenvalue weighted by molar-refractivity contribution is 7.99. The van der Waals surface area contributed by atoms with Crippen molar-refractivity contribution >= 4 is 76.0 Å². The van der Waals surface area contributed by atoms with Crippen molar-refractivity contribution in [3.63, 3.8) is 0 Å². The number of amides is 3. The van der Waals surface area contributed by atoms with E-state index in [1.165, 1.54) is 11.8 Å². The number of carboxylic acid groups (broad SMARTS) is 1. The summed E-state index contributed by atoms with van der Waals surface area (Å²) in [4.78, 5) is 69.8. The van der Waals surface area contributed by atoms with E-state index in [0.29, 0.717) is 110 Å². The Morgan fingerprint density at radius 2 is 1.35 bits per heavy atom. The molecule has 0 fully saturated rings. The van der Waals surface area contributed by atoms with Gasteiger partial charge in [-0.2, -0.15) is 11.8 Å². The summed E-state index contributed by atoms with van der Waals surface area (Å²) in [6.45, 7) is 23.1. The fraction of sp³-hybridized carbons (Fsp3) is 0.627. The van der Waals surface area contributed by atoms with E-state index in [9.17, 15) is 24.0 Å². The second kappa shape index (κ2) is 26.6. The summed E-state index contributed by atoms with van der Waals surface area (Å²) in [5.74, 6) is 0.0956. The van der Waals surface area contributed by atoms with Crippen LogP contribution < -0.4 is 5.32 Å². The number of aryl methyl sites for hydroxylation is 2. The van der Waals surface area contributed by atoms with E-state index in [4.69, 9.17) is 33.0 Å². The minimum Gasteiger partial charge on any atom is -0.481 e. The third kappa shape index (κ3) is 16.7. The Kier molecular flexibility index (Phi) is 22.7. The maximum Gasteiger partial charge on any atom is 0.310 e. The van der Waals surface area contributed by atoms with Crippen molar-refractivity contribution in [2.75, 3.05) is 50.1 Å².